The number of hydrogen-bond donors (Lipinski definition) is 1. The van der Waals surface area contributed by atoms with Crippen LogP contribution in [0.5, 0.6) is 5.75 Å². The summed E-state index contributed by atoms with van der Waals surface area (Å²) in [5, 5.41) is 4.00. The van der Waals surface area contributed by atoms with Crippen LogP contribution >= 0.6 is 0 Å². The molecule has 1 aliphatic rings. The summed E-state index contributed by atoms with van der Waals surface area (Å²) >= 11 is 0. The lowest BCUT2D eigenvalue weighted by molar-refractivity contribution is -0.123. The van der Waals surface area contributed by atoms with Gasteiger partial charge in [-0.2, -0.15) is 5.10 Å². The van der Waals surface area contributed by atoms with Gasteiger partial charge in [0.2, 0.25) is 0 Å². The molecule has 0 unspecified atom stereocenters. The number of hydrogen-bond acceptors (Lipinski definition) is 3. The van der Waals surface area contributed by atoms with Gasteiger partial charge in [0, 0.05) is 6.21 Å². The van der Waals surface area contributed by atoms with Gasteiger partial charge in [0.25, 0.3) is 5.91 Å². The third-order valence-electron chi connectivity index (χ3n) is 3.35. The predicted octanol–water partition coefficient (Wildman–Crippen LogP) is 3.14. The zero-order chi connectivity index (χ0) is 15.1. The summed E-state index contributed by atoms with van der Waals surface area (Å²) in [7, 11) is 0. The summed E-state index contributed by atoms with van der Waals surface area (Å²) in [4.78, 5) is 11.7. The lowest BCUT2D eigenvalue weighted by Gasteiger charge is -2.12. The number of amides is 1. The zero-order valence-corrected chi connectivity index (χ0v) is 12.6. The van der Waals surface area contributed by atoms with E-state index in [1.165, 1.54) is 0 Å². The molecule has 112 valence electrons. The first-order valence-electron chi connectivity index (χ1n) is 7.31. The molecule has 2 rings (SSSR count). The first-order chi connectivity index (χ1) is 10.1. The number of nitrogens with one attached hydrogen (secondary N) is 1. The van der Waals surface area contributed by atoms with Crippen molar-refractivity contribution in [3.63, 3.8) is 0 Å². The molecule has 21 heavy (non-hydrogen) atoms. The van der Waals surface area contributed by atoms with E-state index in [1.54, 1.807) is 0 Å². The van der Waals surface area contributed by atoms with Gasteiger partial charge in [0.05, 0.1) is 0 Å². The molecule has 1 atom stereocenters. The molecule has 1 N–H and O–H groups in total. The minimum absolute atomic E-state index is 0.0230. The van der Waals surface area contributed by atoms with Crippen molar-refractivity contribution < 1.29 is 9.53 Å². The summed E-state index contributed by atoms with van der Waals surface area (Å²) in [6.45, 7) is 3.98. The second-order valence-electron chi connectivity index (χ2n) is 5.47. The first-order valence-corrected chi connectivity index (χ1v) is 7.31. The van der Waals surface area contributed by atoms with Crippen molar-refractivity contribution in [3.8, 4) is 5.75 Å². The Morgan fingerprint density at radius 2 is 2.10 bits per heavy atom. The molecule has 1 aromatic rings. The molecule has 1 amide bonds. The second-order valence-corrected chi connectivity index (χ2v) is 5.47. The van der Waals surface area contributed by atoms with Crippen molar-refractivity contribution in [2.75, 3.05) is 6.61 Å². The third-order valence-corrected chi connectivity index (χ3v) is 3.35. The molecule has 0 saturated carbocycles. The van der Waals surface area contributed by atoms with E-state index < -0.39 is 0 Å². The average Bonchev–Trinajstić information content (AvgIpc) is 2.45. The molecule has 0 aromatic heterocycles. The number of ether oxygens (including phenoxy) is 1. The Kier molecular flexibility index (Phi) is 5.55. The van der Waals surface area contributed by atoms with Gasteiger partial charge in [0.15, 0.2) is 6.61 Å². The fourth-order valence-electron chi connectivity index (χ4n) is 2.36. The van der Waals surface area contributed by atoms with Gasteiger partial charge < -0.3 is 4.74 Å². The van der Waals surface area contributed by atoms with Gasteiger partial charge in [-0.05, 0) is 62.3 Å². The van der Waals surface area contributed by atoms with E-state index in [4.69, 9.17) is 4.74 Å². The van der Waals surface area contributed by atoms with Crippen LogP contribution in [0.1, 0.15) is 30.4 Å². The lowest BCUT2D eigenvalue weighted by atomic mass is 9.96. The van der Waals surface area contributed by atoms with Crippen molar-refractivity contribution >= 4 is 12.1 Å². The Morgan fingerprint density at radius 1 is 1.33 bits per heavy atom. The fraction of sp³-hybridized carbons (Fsp3) is 0.412. The molecule has 0 aliphatic heterocycles. The highest BCUT2D eigenvalue weighted by Crippen LogP contribution is 2.16. The fourth-order valence-corrected chi connectivity index (χ4v) is 2.36. The minimum Gasteiger partial charge on any atom is -0.484 e. The summed E-state index contributed by atoms with van der Waals surface area (Å²) in [5.74, 6) is 0.899. The number of carbonyl (C=O) groups is 1. The van der Waals surface area contributed by atoms with E-state index in [2.05, 4.69) is 28.7 Å². The largest absolute Gasteiger partial charge is 0.484 e. The smallest absolute Gasteiger partial charge is 0.277 e. The molecule has 0 heterocycles. The maximum atomic E-state index is 11.7. The van der Waals surface area contributed by atoms with Crippen molar-refractivity contribution in [3.05, 3.63) is 41.5 Å². The van der Waals surface area contributed by atoms with Crippen molar-refractivity contribution in [2.24, 2.45) is 11.0 Å². The Morgan fingerprint density at radius 3 is 2.76 bits per heavy atom. The molecule has 0 fully saturated rings. The van der Waals surface area contributed by atoms with Crippen LogP contribution in [-0.4, -0.2) is 18.7 Å². The Hall–Kier alpha value is -2.10. The van der Waals surface area contributed by atoms with E-state index >= 15 is 0 Å². The normalized spacial score (nSPS) is 17.9. The first kappa shape index (κ1) is 15.3. The van der Waals surface area contributed by atoms with E-state index in [1.807, 2.05) is 32.2 Å². The van der Waals surface area contributed by atoms with Crippen LogP contribution in [0.4, 0.5) is 0 Å². The van der Waals surface area contributed by atoms with Gasteiger partial charge in [-0.15, -0.1) is 0 Å². The Balaban J connectivity index is 1.74. The number of nitrogens with zero attached hydrogens (tertiary/aromatic N) is 1. The average molecular weight is 286 g/mol. The summed E-state index contributed by atoms with van der Waals surface area (Å²) in [5.41, 5.74) is 4.75. The molecular weight excluding hydrogens is 264 g/mol. The highest BCUT2D eigenvalue weighted by Gasteiger charge is 2.07. The topological polar surface area (TPSA) is 50.7 Å². The number of aryl methyl sites for hydroxylation is 2. The maximum Gasteiger partial charge on any atom is 0.277 e. The minimum atomic E-state index is -0.239. The second kappa shape index (κ2) is 7.62. The van der Waals surface area contributed by atoms with Crippen LogP contribution < -0.4 is 10.2 Å². The molecule has 0 radical (unpaired) electrons. The molecular formula is C17H22N2O2. The van der Waals surface area contributed by atoms with Crippen LogP contribution in [0.2, 0.25) is 0 Å². The number of allylic oxidation sites excluding steroid dienone is 2. The molecule has 1 aliphatic carbocycles. The quantitative estimate of drug-likeness (QED) is 0.513. The molecule has 0 saturated heterocycles. The number of hydrazone groups is 1. The van der Waals surface area contributed by atoms with Gasteiger partial charge in [0.1, 0.15) is 5.75 Å². The molecule has 4 heteroatoms. The van der Waals surface area contributed by atoms with Crippen LogP contribution in [0.3, 0.4) is 0 Å². The predicted molar refractivity (Wildman–Crippen MR) is 84.5 cm³/mol. The zero-order valence-electron chi connectivity index (χ0n) is 12.6. The highest BCUT2D eigenvalue weighted by molar-refractivity contribution is 5.78. The van der Waals surface area contributed by atoms with Crippen LogP contribution in [0, 0.1) is 19.8 Å². The highest BCUT2D eigenvalue weighted by atomic mass is 16.5. The van der Waals surface area contributed by atoms with Gasteiger partial charge in [-0.3, -0.25) is 4.79 Å². The van der Waals surface area contributed by atoms with Crippen molar-refractivity contribution in [2.45, 2.75) is 33.1 Å². The molecule has 4 nitrogen and oxygen atoms in total. The molecule has 0 spiro atoms. The van der Waals surface area contributed by atoms with E-state index in [0.717, 1.165) is 30.4 Å². The van der Waals surface area contributed by atoms with Crippen LogP contribution in [0.15, 0.2) is 35.5 Å². The summed E-state index contributed by atoms with van der Waals surface area (Å²) in [6, 6.07) is 5.89. The van der Waals surface area contributed by atoms with E-state index in [-0.39, 0.29) is 12.5 Å². The van der Waals surface area contributed by atoms with Gasteiger partial charge in [-0.1, -0.05) is 18.2 Å². The van der Waals surface area contributed by atoms with Crippen LogP contribution in [-0.2, 0) is 4.79 Å². The molecule has 0 bridgehead atoms. The van der Waals surface area contributed by atoms with Gasteiger partial charge in [-0.25, -0.2) is 5.43 Å². The number of benzene rings is 1. The van der Waals surface area contributed by atoms with E-state index in [0.29, 0.717) is 11.7 Å². The number of rotatable bonds is 5. The number of carbonyl (C=O) groups excluding carboxylic acids is 1. The Bertz CT molecular complexity index is 529. The van der Waals surface area contributed by atoms with Gasteiger partial charge >= 0.3 is 0 Å². The van der Waals surface area contributed by atoms with E-state index in [9.17, 15) is 4.79 Å². The SMILES string of the molecule is Cc1cc(C)cc(OCC(=O)N/N=C\[C@@H]2CC=CCC2)c1. The molecule has 1 aromatic carbocycles. The third kappa shape index (κ3) is 5.42. The summed E-state index contributed by atoms with van der Waals surface area (Å²) in [6.07, 6.45) is 9.33. The van der Waals surface area contributed by atoms with Crippen molar-refractivity contribution in [1.82, 2.24) is 5.43 Å². The summed E-state index contributed by atoms with van der Waals surface area (Å²) < 4.78 is 5.47. The van der Waals surface area contributed by atoms with Crippen LogP contribution in [0.25, 0.3) is 0 Å². The maximum absolute atomic E-state index is 11.7. The monoisotopic (exact) mass is 286 g/mol. The van der Waals surface area contributed by atoms with Crippen molar-refractivity contribution in [1.29, 1.82) is 0 Å². The standard InChI is InChI=1S/C17H22N2O2/c1-13-8-14(2)10-16(9-13)21-12-17(20)19-18-11-15-6-4-3-5-7-15/h3-4,8-11,15H,5-7,12H2,1-2H3,(H,19,20)/b18-11-/t15-/m1/s1. The lowest BCUT2D eigenvalue weighted by Crippen LogP contribution is -2.25. The Labute approximate surface area is 125 Å².